The predicted octanol–water partition coefficient (Wildman–Crippen LogP) is 0.752. The van der Waals surface area contributed by atoms with Crippen molar-refractivity contribution in [2.24, 2.45) is 0 Å². The summed E-state index contributed by atoms with van der Waals surface area (Å²) in [5, 5.41) is 5.18. The van der Waals surface area contributed by atoms with Gasteiger partial charge in [0.05, 0.1) is 6.04 Å². The molecule has 0 fully saturated rings. The van der Waals surface area contributed by atoms with Crippen LogP contribution in [0.2, 0.25) is 0 Å². The van der Waals surface area contributed by atoms with E-state index in [4.69, 9.17) is 0 Å². The summed E-state index contributed by atoms with van der Waals surface area (Å²) in [5.74, 6) is 0. The Balaban J connectivity index is 2.79. The van der Waals surface area contributed by atoms with Crippen LogP contribution in [0.3, 0.4) is 0 Å². The molecule has 0 radical (unpaired) electrons. The van der Waals surface area contributed by atoms with Gasteiger partial charge in [-0.15, -0.1) is 0 Å². The lowest BCUT2D eigenvalue weighted by atomic mass is 10.0. The molecule has 1 atom stereocenters. The van der Waals surface area contributed by atoms with E-state index in [1.54, 1.807) is 0 Å². The number of nitrogens with one attached hydrogen (secondary N) is 1. The van der Waals surface area contributed by atoms with E-state index in [1.807, 2.05) is 24.3 Å². The summed E-state index contributed by atoms with van der Waals surface area (Å²) in [6, 6.07) is -0.102. The van der Waals surface area contributed by atoms with Crippen molar-refractivity contribution < 1.29 is 4.79 Å². The van der Waals surface area contributed by atoms with Gasteiger partial charge in [0.25, 0.3) is 0 Å². The summed E-state index contributed by atoms with van der Waals surface area (Å²) in [4.78, 5) is 10.1. The molecule has 0 aromatic carbocycles. The first-order chi connectivity index (χ1) is 5.38. The van der Waals surface area contributed by atoms with Crippen molar-refractivity contribution in [3.63, 3.8) is 0 Å². The summed E-state index contributed by atoms with van der Waals surface area (Å²) >= 11 is 4.64. The second kappa shape index (κ2) is 3.86. The lowest BCUT2D eigenvalue weighted by Gasteiger charge is -2.12. The molecule has 0 spiro atoms. The summed E-state index contributed by atoms with van der Waals surface area (Å²) in [6.45, 7) is 0. The molecule has 0 aliphatic heterocycles. The Morgan fingerprint density at radius 3 is 3.09 bits per heavy atom. The minimum atomic E-state index is -0.102. The van der Waals surface area contributed by atoms with Gasteiger partial charge in [-0.1, -0.05) is 18.2 Å². The molecule has 0 aromatic rings. The van der Waals surface area contributed by atoms with Gasteiger partial charge in [0.2, 0.25) is 6.41 Å². The van der Waals surface area contributed by atoms with E-state index in [0.29, 0.717) is 6.41 Å². The second-order valence-electron chi connectivity index (χ2n) is 2.06. The minimum absolute atomic E-state index is 0.102. The SMILES string of the molecule is O=CNC1C=CC=CC1=C=S. The summed E-state index contributed by atoms with van der Waals surface area (Å²) < 4.78 is 0. The van der Waals surface area contributed by atoms with E-state index in [0.717, 1.165) is 5.57 Å². The molecule has 1 aliphatic rings. The normalized spacial score (nSPS) is 21.1. The van der Waals surface area contributed by atoms with Crippen LogP contribution in [0.1, 0.15) is 0 Å². The highest BCUT2D eigenvalue weighted by Gasteiger charge is 2.08. The van der Waals surface area contributed by atoms with Gasteiger partial charge in [-0.2, -0.15) is 0 Å². The van der Waals surface area contributed by atoms with Crippen LogP contribution in [0, 0.1) is 0 Å². The van der Waals surface area contributed by atoms with Gasteiger partial charge in [0.1, 0.15) is 0 Å². The van der Waals surface area contributed by atoms with Crippen LogP contribution in [-0.2, 0) is 4.79 Å². The molecule has 1 amide bonds. The lowest BCUT2D eigenvalue weighted by Crippen LogP contribution is -2.28. The fourth-order valence-corrected chi connectivity index (χ4v) is 1.05. The molecule has 1 aliphatic carbocycles. The van der Waals surface area contributed by atoms with E-state index in [9.17, 15) is 4.79 Å². The highest BCUT2D eigenvalue weighted by molar-refractivity contribution is 7.78. The zero-order chi connectivity index (χ0) is 8.10. The summed E-state index contributed by atoms with van der Waals surface area (Å²) in [5.41, 5.74) is 0.814. The Morgan fingerprint density at radius 1 is 1.64 bits per heavy atom. The maximum absolute atomic E-state index is 10.1. The molecule has 1 unspecified atom stereocenters. The maximum Gasteiger partial charge on any atom is 0.207 e. The zero-order valence-corrected chi connectivity index (χ0v) is 6.60. The predicted molar refractivity (Wildman–Crippen MR) is 47.4 cm³/mol. The highest BCUT2D eigenvalue weighted by atomic mass is 32.1. The van der Waals surface area contributed by atoms with E-state index < -0.39 is 0 Å². The van der Waals surface area contributed by atoms with Gasteiger partial charge in [-0.3, -0.25) is 4.79 Å². The molecule has 0 saturated heterocycles. The quantitative estimate of drug-likeness (QED) is 0.483. The molecule has 0 aromatic heterocycles. The Kier molecular flexibility index (Phi) is 2.78. The van der Waals surface area contributed by atoms with Crippen molar-refractivity contribution in [2.75, 3.05) is 0 Å². The molecule has 0 saturated carbocycles. The third-order valence-corrected chi connectivity index (χ3v) is 1.63. The van der Waals surface area contributed by atoms with Crippen LogP contribution in [0.4, 0.5) is 0 Å². The number of rotatable bonds is 2. The highest BCUT2D eigenvalue weighted by Crippen LogP contribution is 2.07. The van der Waals surface area contributed by atoms with E-state index in [2.05, 4.69) is 22.6 Å². The van der Waals surface area contributed by atoms with Crippen LogP contribution in [0.15, 0.2) is 29.9 Å². The molecule has 0 heterocycles. The summed E-state index contributed by atoms with van der Waals surface area (Å²) in [6.07, 6.45) is 8.05. The first-order valence-corrected chi connectivity index (χ1v) is 3.59. The Hall–Kier alpha value is -1.18. The van der Waals surface area contributed by atoms with Gasteiger partial charge >= 0.3 is 0 Å². The monoisotopic (exact) mass is 165 g/mol. The fourth-order valence-electron chi connectivity index (χ4n) is 0.858. The standard InChI is InChI=1S/C8H7NOS/c10-6-9-8-4-2-1-3-7(8)5-11/h1-4,6,8H,(H,9,10). The third kappa shape index (κ3) is 1.87. The van der Waals surface area contributed by atoms with Gasteiger partial charge in [0, 0.05) is 5.57 Å². The Labute approximate surface area is 70.3 Å². The largest absolute Gasteiger partial charge is 0.348 e. The first-order valence-electron chi connectivity index (χ1n) is 3.18. The van der Waals surface area contributed by atoms with Crippen molar-refractivity contribution in [3.05, 3.63) is 29.9 Å². The van der Waals surface area contributed by atoms with E-state index in [1.165, 1.54) is 0 Å². The van der Waals surface area contributed by atoms with Crippen molar-refractivity contribution in [1.29, 1.82) is 0 Å². The van der Waals surface area contributed by atoms with Gasteiger partial charge in [-0.05, 0) is 23.3 Å². The van der Waals surface area contributed by atoms with E-state index in [-0.39, 0.29) is 6.04 Å². The molecule has 1 N–H and O–H groups in total. The van der Waals surface area contributed by atoms with Crippen LogP contribution >= 0.6 is 12.2 Å². The summed E-state index contributed by atoms with van der Waals surface area (Å²) in [7, 11) is 0. The zero-order valence-electron chi connectivity index (χ0n) is 5.78. The number of carbonyl (C=O) groups is 1. The van der Waals surface area contributed by atoms with Gasteiger partial charge in [-0.25, -0.2) is 0 Å². The third-order valence-electron chi connectivity index (χ3n) is 1.39. The fraction of sp³-hybridized carbons (Fsp3) is 0.125. The minimum Gasteiger partial charge on any atom is -0.348 e. The number of allylic oxidation sites excluding steroid dienone is 2. The van der Waals surface area contributed by atoms with Gasteiger partial charge in [0.15, 0.2) is 0 Å². The molecular formula is C8H7NOS. The smallest absolute Gasteiger partial charge is 0.207 e. The van der Waals surface area contributed by atoms with E-state index >= 15 is 0 Å². The van der Waals surface area contributed by atoms with Crippen molar-refractivity contribution in [1.82, 2.24) is 5.32 Å². The van der Waals surface area contributed by atoms with Crippen molar-refractivity contribution in [3.8, 4) is 0 Å². The number of hydrogen-bond acceptors (Lipinski definition) is 2. The number of amides is 1. The molecule has 0 bridgehead atoms. The van der Waals surface area contributed by atoms with Crippen LogP contribution in [0.25, 0.3) is 0 Å². The maximum atomic E-state index is 10.1. The van der Waals surface area contributed by atoms with Crippen molar-refractivity contribution >= 4 is 23.7 Å². The number of hydrogen-bond donors (Lipinski definition) is 1. The molecule has 2 nitrogen and oxygen atoms in total. The second-order valence-corrected chi connectivity index (χ2v) is 2.27. The van der Waals surface area contributed by atoms with Crippen LogP contribution < -0.4 is 5.32 Å². The molecule has 3 heteroatoms. The van der Waals surface area contributed by atoms with Crippen LogP contribution in [0.5, 0.6) is 0 Å². The molecule has 56 valence electrons. The Morgan fingerprint density at radius 2 is 2.45 bits per heavy atom. The van der Waals surface area contributed by atoms with Crippen LogP contribution in [-0.4, -0.2) is 17.5 Å². The lowest BCUT2D eigenvalue weighted by molar-refractivity contribution is -0.109. The van der Waals surface area contributed by atoms with Crippen molar-refractivity contribution in [2.45, 2.75) is 6.04 Å². The molecule has 1 rings (SSSR count). The molecule has 11 heavy (non-hydrogen) atoms. The average molecular weight is 165 g/mol. The molecular weight excluding hydrogens is 158 g/mol. The average Bonchev–Trinajstić information content (AvgIpc) is 2.06. The topological polar surface area (TPSA) is 29.1 Å². The van der Waals surface area contributed by atoms with Gasteiger partial charge < -0.3 is 5.32 Å². The first kappa shape index (κ1) is 7.92. The number of thiocarbonyl (C=S) groups is 1. The Bertz CT molecular complexity index is 261. The number of carbonyl (C=O) groups excluding carboxylic acids is 1.